The van der Waals surface area contributed by atoms with Gasteiger partial charge >= 0.3 is 5.97 Å². The standard InChI is InChI=1S/C11H15N3O5/c12-9(11(18)19)1-2-10(17)14-13-6-3-7(15)5-8(16)4-6/h3-5,9,13,15-16H,1-2,12H2,(H,14,17)(H,18,19)/t9-/m1/s1. The monoisotopic (exact) mass is 269 g/mol. The van der Waals surface area contributed by atoms with Gasteiger partial charge in [-0.3, -0.25) is 20.4 Å². The normalized spacial score (nSPS) is 11.6. The van der Waals surface area contributed by atoms with Crippen molar-refractivity contribution >= 4 is 17.6 Å². The highest BCUT2D eigenvalue weighted by molar-refractivity contribution is 5.79. The molecule has 0 aliphatic heterocycles. The maximum absolute atomic E-state index is 11.4. The Balaban J connectivity index is 2.39. The van der Waals surface area contributed by atoms with Gasteiger partial charge in [-0.2, -0.15) is 0 Å². The lowest BCUT2D eigenvalue weighted by atomic mass is 10.2. The number of phenolic OH excluding ortho intramolecular Hbond substituents is 2. The summed E-state index contributed by atoms with van der Waals surface area (Å²) < 4.78 is 0. The van der Waals surface area contributed by atoms with Crippen LogP contribution in [0.3, 0.4) is 0 Å². The lowest BCUT2D eigenvalue weighted by molar-refractivity contribution is -0.138. The van der Waals surface area contributed by atoms with Crippen LogP contribution in [0.1, 0.15) is 12.8 Å². The number of benzene rings is 1. The Morgan fingerprint density at radius 1 is 1.21 bits per heavy atom. The van der Waals surface area contributed by atoms with E-state index in [0.717, 1.165) is 6.07 Å². The Morgan fingerprint density at radius 2 is 1.79 bits per heavy atom. The van der Waals surface area contributed by atoms with Gasteiger partial charge in [0.1, 0.15) is 17.5 Å². The summed E-state index contributed by atoms with van der Waals surface area (Å²) in [6.07, 6.45) is -0.0561. The van der Waals surface area contributed by atoms with Crippen molar-refractivity contribution < 1.29 is 24.9 Å². The van der Waals surface area contributed by atoms with Crippen molar-refractivity contribution in [2.75, 3.05) is 5.43 Å². The minimum absolute atomic E-state index is 0.00807. The van der Waals surface area contributed by atoms with Gasteiger partial charge in [0.2, 0.25) is 5.91 Å². The van der Waals surface area contributed by atoms with Crippen LogP contribution in [0, 0.1) is 0 Å². The summed E-state index contributed by atoms with van der Waals surface area (Å²) in [6, 6.07) is 2.64. The summed E-state index contributed by atoms with van der Waals surface area (Å²) in [4.78, 5) is 21.8. The molecule has 0 aliphatic rings. The van der Waals surface area contributed by atoms with Gasteiger partial charge in [0, 0.05) is 24.6 Å². The number of carboxylic acids is 1. The number of carbonyl (C=O) groups is 2. The zero-order valence-corrected chi connectivity index (χ0v) is 9.96. The Kier molecular flexibility index (Phi) is 4.95. The number of nitrogens with two attached hydrogens (primary N) is 1. The van der Waals surface area contributed by atoms with E-state index in [9.17, 15) is 19.8 Å². The molecule has 0 spiro atoms. The van der Waals surface area contributed by atoms with E-state index < -0.39 is 17.9 Å². The highest BCUT2D eigenvalue weighted by Crippen LogP contribution is 2.23. The molecule has 0 aliphatic carbocycles. The maximum Gasteiger partial charge on any atom is 0.320 e. The van der Waals surface area contributed by atoms with Gasteiger partial charge in [-0.15, -0.1) is 0 Å². The van der Waals surface area contributed by atoms with E-state index in [2.05, 4.69) is 10.9 Å². The second-order valence-corrected chi connectivity index (χ2v) is 3.89. The van der Waals surface area contributed by atoms with Crippen molar-refractivity contribution in [3.8, 4) is 11.5 Å². The number of amides is 1. The van der Waals surface area contributed by atoms with E-state index in [1.54, 1.807) is 0 Å². The topological polar surface area (TPSA) is 145 Å². The number of nitrogens with one attached hydrogen (secondary N) is 2. The quantitative estimate of drug-likeness (QED) is 0.390. The van der Waals surface area contributed by atoms with Gasteiger partial charge in [-0.05, 0) is 6.42 Å². The number of carbonyl (C=O) groups excluding carboxylic acids is 1. The number of carboxylic acid groups (broad SMARTS) is 1. The van der Waals surface area contributed by atoms with Crippen molar-refractivity contribution in [2.45, 2.75) is 18.9 Å². The average Bonchev–Trinajstić information content (AvgIpc) is 2.32. The van der Waals surface area contributed by atoms with E-state index in [0.29, 0.717) is 0 Å². The molecular formula is C11H15N3O5. The van der Waals surface area contributed by atoms with E-state index in [1.165, 1.54) is 12.1 Å². The molecule has 1 atom stereocenters. The van der Waals surface area contributed by atoms with Crippen LogP contribution in [0.15, 0.2) is 18.2 Å². The number of aromatic hydroxyl groups is 2. The number of anilines is 1. The molecule has 0 fully saturated rings. The molecule has 1 aromatic carbocycles. The van der Waals surface area contributed by atoms with Gasteiger partial charge in [0.25, 0.3) is 0 Å². The summed E-state index contributed by atoms with van der Waals surface area (Å²) in [5, 5.41) is 26.9. The van der Waals surface area contributed by atoms with Gasteiger partial charge in [0.05, 0.1) is 5.69 Å². The molecule has 7 N–H and O–H groups in total. The molecule has 104 valence electrons. The first-order valence-corrected chi connectivity index (χ1v) is 5.44. The van der Waals surface area contributed by atoms with Crippen LogP contribution < -0.4 is 16.6 Å². The number of phenols is 2. The van der Waals surface area contributed by atoms with Crippen molar-refractivity contribution in [1.82, 2.24) is 5.43 Å². The summed E-state index contributed by atoms with van der Waals surface area (Å²) in [7, 11) is 0. The van der Waals surface area contributed by atoms with Crippen molar-refractivity contribution in [3.05, 3.63) is 18.2 Å². The van der Waals surface area contributed by atoms with Crippen molar-refractivity contribution in [3.63, 3.8) is 0 Å². The lowest BCUT2D eigenvalue weighted by Gasteiger charge is -2.10. The summed E-state index contributed by atoms with van der Waals surface area (Å²) in [5.74, 6) is -1.95. The lowest BCUT2D eigenvalue weighted by Crippen LogP contribution is -2.34. The van der Waals surface area contributed by atoms with Crippen LogP contribution in [0.2, 0.25) is 0 Å². The SMILES string of the molecule is N[C@H](CCC(=O)NNc1cc(O)cc(O)c1)C(=O)O. The molecule has 0 saturated carbocycles. The van der Waals surface area contributed by atoms with Crippen LogP contribution in [-0.2, 0) is 9.59 Å². The van der Waals surface area contributed by atoms with Gasteiger partial charge in [-0.1, -0.05) is 0 Å². The largest absolute Gasteiger partial charge is 0.508 e. The minimum atomic E-state index is -1.17. The van der Waals surface area contributed by atoms with E-state index in [4.69, 9.17) is 10.8 Å². The first-order valence-electron chi connectivity index (χ1n) is 5.44. The molecule has 0 bridgehead atoms. The van der Waals surface area contributed by atoms with Gasteiger partial charge < -0.3 is 21.1 Å². The highest BCUT2D eigenvalue weighted by atomic mass is 16.4. The minimum Gasteiger partial charge on any atom is -0.508 e. The number of hydrazine groups is 1. The highest BCUT2D eigenvalue weighted by Gasteiger charge is 2.13. The fraction of sp³-hybridized carbons (Fsp3) is 0.273. The summed E-state index contributed by atoms with van der Waals surface area (Å²) in [6.45, 7) is 0. The third-order valence-electron chi connectivity index (χ3n) is 2.25. The second-order valence-electron chi connectivity index (χ2n) is 3.89. The molecule has 0 unspecified atom stereocenters. The summed E-state index contributed by atoms with van der Waals surface area (Å²) in [5.41, 5.74) is 10.3. The van der Waals surface area contributed by atoms with Gasteiger partial charge in [0.15, 0.2) is 0 Å². The predicted octanol–water partition coefficient (Wildman–Crippen LogP) is -0.267. The van der Waals surface area contributed by atoms with E-state index in [-0.39, 0.29) is 30.0 Å². The molecule has 0 aromatic heterocycles. The average molecular weight is 269 g/mol. The van der Waals surface area contributed by atoms with Crippen LogP contribution in [-0.4, -0.2) is 33.2 Å². The smallest absolute Gasteiger partial charge is 0.320 e. The third kappa shape index (κ3) is 5.13. The number of aliphatic carboxylic acids is 1. The van der Waals surface area contributed by atoms with Crippen LogP contribution in [0.25, 0.3) is 0 Å². The predicted molar refractivity (Wildman–Crippen MR) is 66.4 cm³/mol. The fourth-order valence-corrected chi connectivity index (χ4v) is 1.28. The fourth-order valence-electron chi connectivity index (χ4n) is 1.28. The Morgan fingerprint density at radius 3 is 2.32 bits per heavy atom. The molecule has 1 amide bonds. The van der Waals surface area contributed by atoms with Crippen LogP contribution in [0.4, 0.5) is 5.69 Å². The first kappa shape index (κ1) is 14.6. The van der Waals surface area contributed by atoms with Gasteiger partial charge in [-0.25, -0.2) is 0 Å². The zero-order valence-electron chi connectivity index (χ0n) is 9.96. The maximum atomic E-state index is 11.4. The number of hydrogen-bond acceptors (Lipinski definition) is 6. The summed E-state index contributed by atoms with van der Waals surface area (Å²) >= 11 is 0. The molecular weight excluding hydrogens is 254 g/mol. The molecule has 0 saturated heterocycles. The third-order valence-corrected chi connectivity index (χ3v) is 2.25. The Labute approximate surface area is 108 Å². The Hall–Kier alpha value is -2.48. The molecule has 0 heterocycles. The Bertz CT molecular complexity index is 457. The molecule has 8 heteroatoms. The van der Waals surface area contributed by atoms with Crippen molar-refractivity contribution in [2.24, 2.45) is 5.73 Å². The molecule has 19 heavy (non-hydrogen) atoms. The number of hydrogen-bond donors (Lipinski definition) is 6. The number of rotatable bonds is 6. The molecule has 1 aromatic rings. The zero-order chi connectivity index (χ0) is 14.4. The van der Waals surface area contributed by atoms with E-state index >= 15 is 0 Å². The van der Waals surface area contributed by atoms with Crippen LogP contribution in [0.5, 0.6) is 11.5 Å². The second kappa shape index (κ2) is 6.45. The van der Waals surface area contributed by atoms with E-state index in [1.807, 2.05) is 0 Å². The molecule has 0 radical (unpaired) electrons. The molecule has 1 rings (SSSR count). The van der Waals surface area contributed by atoms with Crippen LogP contribution >= 0.6 is 0 Å². The van der Waals surface area contributed by atoms with Crippen molar-refractivity contribution in [1.29, 1.82) is 0 Å². The first-order chi connectivity index (χ1) is 8.88. The molecule has 8 nitrogen and oxygen atoms in total.